The van der Waals surface area contributed by atoms with E-state index in [9.17, 15) is 4.79 Å². The van der Waals surface area contributed by atoms with E-state index in [4.69, 9.17) is 9.47 Å². The summed E-state index contributed by atoms with van der Waals surface area (Å²) in [7, 11) is 1.64. The molecule has 3 rings (SSSR count). The number of morpholine rings is 1. The molecule has 2 fully saturated rings. The maximum absolute atomic E-state index is 12.3. The van der Waals surface area contributed by atoms with E-state index in [0.717, 1.165) is 30.9 Å². The third-order valence-corrected chi connectivity index (χ3v) is 3.87. The molecule has 19 heavy (non-hydrogen) atoms. The standard InChI is InChI=1S/C14H18N2O3/c1-18-12-4-2-11(3-5-12)16-13(17)8-19-10-14(16)6-7-15-9-14/h2-5,15H,6-10H2,1H3. The topological polar surface area (TPSA) is 50.8 Å². The number of anilines is 1. The van der Waals surface area contributed by atoms with Crippen molar-refractivity contribution in [2.24, 2.45) is 0 Å². The molecular formula is C14H18N2O3. The van der Waals surface area contributed by atoms with Gasteiger partial charge in [0.2, 0.25) is 0 Å². The van der Waals surface area contributed by atoms with Gasteiger partial charge in [0.05, 0.1) is 19.3 Å². The molecule has 5 nitrogen and oxygen atoms in total. The summed E-state index contributed by atoms with van der Waals surface area (Å²) >= 11 is 0. The number of nitrogens with zero attached hydrogens (tertiary/aromatic N) is 1. The molecule has 0 aromatic heterocycles. The first-order valence-electron chi connectivity index (χ1n) is 6.51. The third kappa shape index (κ3) is 2.09. The summed E-state index contributed by atoms with van der Waals surface area (Å²) in [5, 5.41) is 3.33. The van der Waals surface area contributed by atoms with Gasteiger partial charge in [-0.25, -0.2) is 0 Å². The number of rotatable bonds is 2. The Labute approximate surface area is 112 Å². The van der Waals surface area contributed by atoms with Crippen molar-refractivity contribution in [2.75, 3.05) is 38.3 Å². The molecule has 0 aliphatic carbocycles. The summed E-state index contributed by atoms with van der Waals surface area (Å²) in [4.78, 5) is 14.2. The summed E-state index contributed by atoms with van der Waals surface area (Å²) in [6.45, 7) is 2.46. The number of ether oxygens (including phenoxy) is 2. The summed E-state index contributed by atoms with van der Waals surface area (Å²) in [5.41, 5.74) is 0.682. The van der Waals surface area contributed by atoms with E-state index in [0.29, 0.717) is 6.61 Å². The van der Waals surface area contributed by atoms with Gasteiger partial charge < -0.3 is 19.7 Å². The average molecular weight is 262 g/mol. The zero-order chi connectivity index (χ0) is 13.3. The lowest BCUT2D eigenvalue weighted by atomic mass is 9.94. The number of carbonyl (C=O) groups is 1. The van der Waals surface area contributed by atoms with Crippen LogP contribution in [0.25, 0.3) is 0 Å². The third-order valence-electron chi connectivity index (χ3n) is 3.87. The molecule has 1 aromatic rings. The molecule has 2 aliphatic rings. The van der Waals surface area contributed by atoms with E-state index in [1.165, 1.54) is 0 Å². The van der Waals surface area contributed by atoms with Gasteiger partial charge in [0.15, 0.2) is 0 Å². The fraction of sp³-hybridized carbons (Fsp3) is 0.500. The highest BCUT2D eigenvalue weighted by atomic mass is 16.5. The number of hydrogen-bond acceptors (Lipinski definition) is 4. The number of benzene rings is 1. The lowest BCUT2D eigenvalue weighted by molar-refractivity contribution is -0.129. The van der Waals surface area contributed by atoms with Crippen molar-refractivity contribution in [1.29, 1.82) is 0 Å². The zero-order valence-corrected chi connectivity index (χ0v) is 11.0. The SMILES string of the molecule is COc1ccc(N2C(=O)COCC23CCNC3)cc1. The van der Waals surface area contributed by atoms with Crippen molar-refractivity contribution < 1.29 is 14.3 Å². The van der Waals surface area contributed by atoms with Crippen LogP contribution in [0.3, 0.4) is 0 Å². The molecule has 1 atom stereocenters. The van der Waals surface area contributed by atoms with E-state index >= 15 is 0 Å². The highest BCUT2D eigenvalue weighted by Gasteiger charge is 2.46. The Hall–Kier alpha value is -1.59. The molecule has 1 unspecified atom stereocenters. The van der Waals surface area contributed by atoms with E-state index in [-0.39, 0.29) is 18.1 Å². The molecule has 1 amide bonds. The van der Waals surface area contributed by atoms with Gasteiger partial charge in [0.1, 0.15) is 12.4 Å². The molecule has 5 heteroatoms. The van der Waals surface area contributed by atoms with Crippen LogP contribution in [0.5, 0.6) is 5.75 Å². The van der Waals surface area contributed by atoms with Crippen LogP contribution >= 0.6 is 0 Å². The molecule has 102 valence electrons. The van der Waals surface area contributed by atoms with Gasteiger partial charge in [-0.3, -0.25) is 4.79 Å². The van der Waals surface area contributed by atoms with E-state index in [1.54, 1.807) is 7.11 Å². The van der Waals surface area contributed by atoms with Crippen molar-refractivity contribution in [1.82, 2.24) is 5.32 Å². The predicted octanol–water partition coefficient (Wildman–Crippen LogP) is 0.790. The highest BCUT2D eigenvalue weighted by molar-refractivity contribution is 5.96. The maximum Gasteiger partial charge on any atom is 0.253 e. The quantitative estimate of drug-likeness (QED) is 0.856. The van der Waals surface area contributed by atoms with Crippen LogP contribution < -0.4 is 15.0 Å². The lowest BCUT2D eigenvalue weighted by Crippen LogP contribution is -2.61. The molecular weight excluding hydrogens is 244 g/mol. The lowest BCUT2D eigenvalue weighted by Gasteiger charge is -2.43. The summed E-state index contributed by atoms with van der Waals surface area (Å²) < 4.78 is 10.6. The van der Waals surface area contributed by atoms with Gasteiger partial charge in [-0.2, -0.15) is 0 Å². The molecule has 0 radical (unpaired) electrons. The van der Waals surface area contributed by atoms with Gasteiger partial charge in [-0.05, 0) is 37.2 Å². The Morgan fingerprint density at radius 3 is 2.79 bits per heavy atom. The number of methoxy groups -OCH3 is 1. The van der Waals surface area contributed by atoms with Crippen LogP contribution in [-0.2, 0) is 9.53 Å². The molecule has 1 aromatic carbocycles. The van der Waals surface area contributed by atoms with Crippen molar-refractivity contribution >= 4 is 11.6 Å². The van der Waals surface area contributed by atoms with E-state index in [2.05, 4.69) is 5.32 Å². The normalized spacial score (nSPS) is 27.0. The van der Waals surface area contributed by atoms with Crippen LogP contribution in [0, 0.1) is 0 Å². The predicted molar refractivity (Wildman–Crippen MR) is 71.5 cm³/mol. The first-order chi connectivity index (χ1) is 9.25. The highest BCUT2D eigenvalue weighted by Crippen LogP contribution is 2.33. The Bertz CT molecular complexity index is 466. The van der Waals surface area contributed by atoms with Crippen molar-refractivity contribution in [3.05, 3.63) is 24.3 Å². The maximum atomic E-state index is 12.3. The van der Waals surface area contributed by atoms with E-state index < -0.39 is 0 Å². The summed E-state index contributed by atoms with van der Waals surface area (Å²) in [6.07, 6.45) is 0.921. The molecule has 1 spiro atoms. The minimum Gasteiger partial charge on any atom is -0.497 e. The van der Waals surface area contributed by atoms with Crippen LogP contribution in [0.15, 0.2) is 24.3 Å². The van der Waals surface area contributed by atoms with Crippen LogP contribution in [-0.4, -0.2) is 44.9 Å². The molecule has 2 heterocycles. The second kappa shape index (κ2) is 4.83. The average Bonchev–Trinajstić information content (AvgIpc) is 2.88. The Balaban J connectivity index is 1.95. The number of nitrogens with one attached hydrogen (secondary N) is 1. The Kier molecular flexibility index (Phi) is 3.16. The molecule has 1 N–H and O–H groups in total. The summed E-state index contributed by atoms with van der Waals surface area (Å²) in [5.74, 6) is 0.822. The minimum absolute atomic E-state index is 0.0279. The fourth-order valence-electron chi connectivity index (χ4n) is 2.92. The Morgan fingerprint density at radius 1 is 1.37 bits per heavy atom. The second-order valence-corrected chi connectivity index (χ2v) is 5.07. The molecule has 0 bridgehead atoms. The van der Waals surface area contributed by atoms with Gasteiger partial charge in [0.25, 0.3) is 5.91 Å². The minimum atomic E-state index is -0.232. The van der Waals surface area contributed by atoms with Crippen LogP contribution in [0.1, 0.15) is 6.42 Å². The smallest absolute Gasteiger partial charge is 0.253 e. The van der Waals surface area contributed by atoms with Crippen molar-refractivity contribution in [3.63, 3.8) is 0 Å². The van der Waals surface area contributed by atoms with Gasteiger partial charge in [0, 0.05) is 12.2 Å². The monoisotopic (exact) mass is 262 g/mol. The largest absolute Gasteiger partial charge is 0.497 e. The fourth-order valence-corrected chi connectivity index (χ4v) is 2.92. The van der Waals surface area contributed by atoms with Gasteiger partial charge >= 0.3 is 0 Å². The number of hydrogen-bond donors (Lipinski definition) is 1. The first kappa shape index (κ1) is 12.4. The van der Waals surface area contributed by atoms with Crippen LogP contribution in [0.2, 0.25) is 0 Å². The second-order valence-electron chi connectivity index (χ2n) is 5.07. The number of carbonyl (C=O) groups excluding carboxylic acids is 1. The van der Waals surface area contributed by atoms with Gasteiger partial charge in [-0.1, -0.05) is 0 Å². The van der Waals surface area contributed by atoms with Crippen LogP contribution in [0.4, 0.5) is 5.69 Å². The summed E-state index contributed by atoms with van der Waals surface area (Å²) in [6, 6.07) is 7.63. The number of amides is 1. The van der Waals surface area contributed by atoms with E-state index in [1.807, 2.05) is 29.2 Å². The van der Waals surface area contributed by atoms with Crippen molar-refractivity contribution in [2.45, 2.75) is 12.0 Å². The molecule has 0 saturated carbocycles. The molecule has 2 aliphatic heterocycles. The van der Waals surface area contributed by atoms with Crippen molar-refractivity contribution in [3.8, 4) is 5.75 Å². The van der Waals surface area contributed by atoms with Gasteiger partial charge in [-0.15, -0.1) is 0 Å². The molecule has 2 saturated heterocycles. The Morgan fingerprint density at radius 2 is 2.16 bits per heavy atom. The first-order valence-corrected chi connectivity index (χ1v) is 6.51. The zero-order valence-electron chi connectivity index (χ0n) is 11.0.